The van der Waals surface area contributed by atoms with Gasteiger partial charge in [-0.25, -0.2) is 9.82 Å². The molecule has 3 aliphatic heterocycles. The highest BCUT2D eigenvalue weighted by atomic mass is 19.1. The van der Waals surface area contributed by atoms with Gasteiger partial charge in [-0.05, 0) is 56.0 Å². The first-order chi connectivity index (χ1) is 15.9. The summed E-state index contributed by atoms with van der Waals surface area (Å²) in [5, 5.41) is 11.5. The molecule has 0 bridgehead atoms. The smallest absolute Gasteiger partial charge is 0.300 e. The van der Waals surface area contributed by atoms with E-state index in [0.29, 0.717) is 17.1 Å². The zero-order valence-electron chi connectivity index (χ0n) is 18.7. The van der Waals surface area contributed by atoms with Gasteiger partial charge in [-0.15, -0.1) is 0 Å². The molecule has 8 nitrogen and oxygen atoms in total. The molecule has 1 amide bonds. The second-order valence-electron chi connectivity index (χ2n) is 8.22. The van der Waals surface area contributed by atoms with Crippen LogP contribution in [0.15, 0.2) is 41.5 Å². The maximum absolute atomic E-state index is 15.0. The van der Waals surface area contributed by atoms with Gasteiger partial charge < -0.3 is 19.6 Å². The minimum absolute atomic E-state index is 0.160. The number of amidine groups is 1. The lowest BCUT2D eigenvalue weighted by molar-refractivity contribution is -0.134. The summed E-state index contributed by atoms with van der Waals surface area (Å²) in [5.41, 5.74) is 5.60. The molecule has 33 heavy (non-hydrogen) atoms. The van der Waals surface area contributed by atoms with E-state index < -0.39 is 5.97 Å². The molecule has 2 aromatic rings. The molecular formula is C24H27FN4O4. The number of anilines is 2. The summed E-state index contributed by atoms with van der Waals surface area (Å²) in [4.78, 5) is 25.2. The Hall–Kier alpha value is -3.62. The average molecular weight is 455 g/mol. The predicted octanol–water partition coefficient (Wildman–Crippen LogP) is 3.60. The van der Waals surface area contributed by atoms with Crippen molar-refractivity contribution < 1.29 is 23.8 Å². The second-order valence-corrected chi connectivity index (χ2v) is 8.22. The summed E-state index contributed by atoms with van der Waals surface area (Å²) in [5.74, 6) is 0.0667. The molecule has 0 unspecified atom stereocenters. The average Bonchev–Trinajstić information content (AvgIpc) is 2.81. The summed E-state index contributed by atoms with van der Waals surface area (Å²) in [6.07, 6.45) is 3.47. The standard InChI is InChI=1S/C22H23FN4O2.C2H4O2/c1-14-22(28)25-24-20-13-29-19-12-15(8-9-17(19)27(14)20)21-16(23)6-5-7-18(21)26-10-3-2-4-11-26;1-2(3)4/h5-9,12,14H,2-4,10-11,13H2,1H3,(H,25,28);1H3,(H,3,4)/t14-;/m1./s1. The van der Waals surface area contributed by atoms with Gasteiger partial charge in [-0.2, -0.15) is 5.10 Å². The molecule has 3 aliphatic rings. The van der Waals surface area contributed by atoms with Gasteiger partial charge >= 0.3 is 0 Å². The number of rotatable bonds is 2. The topological polar surface area (TPSA) is 94.5 Å². The summed E-state index contributed by atoms with van der Waals surface area (Å²) >= 11 is 0. The highest BCUT2D eigenvalue weighted by Crippen LogP contribution is 2.41. The molecule has 5 rings (SSSR count). The molecular weight excluding hydrogens is 427 g/mol. The van der Waals surface area contributed by atoms with Crippen LogP contribution in [0.2, 0.25) is 0 Å². The normalized spacial score (nSPS) is 19.2. The Labute approximate surface area is 191 Å². The fraction of sp³-hybridized carbons (Fsp3) is 0.375. The van der Waals surface area contributed by atoms with Crippen LogP contribution < -0.4 is 20.0 Å². The van der Waals surface area contributed by atoms with Crippen LogP contribution in [0.4, 0.5) is 15.8 Å². The first kappa shape index (κ1) is 22.6. The summed E-state index contributed by atoms with van der Waals surface area (Å²) < 4.78 is 20.9. The number of carboxylic acids is 1. The number of carboxylic acid groups (broad SMARTS) is 1. The number of piperidine rings is 1. The molecule has 0 saturated carbocycles. The van der Waals surface area contributed by atoms with Crippen molar-refractivity contribution in [3.05, 3.63) is 42.2 Å². The van der Waals surface area contributed by atoms with E-state index in [9.17, 15) is 9.18 Å². The van der Waals surface area contributed by atoms with Crippen LogP contribution in [0.3, 0.4) is 0 Å². The molecule has 0 aromatic heterocycles. The number of nitrogens with zero attached hydrogens (tertiary/aromatic N) is 3. The van der Waals surface area contributed by atoms with Crippen molar-refractivity contribution in [3.8, 4) is 16.9 Å². The van der Waals surface area contributed by atoms with Gasteiger partial charge in [0.25, 0.3) is 11.9 Å². The Balaban J connectivity index is 0.000000601. The van der Waals surface area contributed by atoms with E-state index in [-0.39, 0.29) is 24.4 Å². The van der Waals surface area contributed by atoms with Crippen molar-refractivity contribution in [3.63, 3.8) is 0 Å². The molecule has 1 saturated heterocycles. The van der Waals surface area contributed by atoms with Crippen LogP contribution in [0, 0.1) is 5.82 Å². The third-order valence-corrected chi connectivity index (χ3v) is 5.89. The number of fused-ring (bicyclic) bond motifs is 3. The molecule has 174 valence electrons. The molecule has 2 N–H and O–H groups in total. The molecule has 0 aliphatic carbocycles. The maximum Gasteiger partial charge on any atom is 0.300 e. The van der Waals surface area contributed by atoms with Gasteiger partial charge in [0.1, 0.15) is 24.2 Å². The van der Waals surface area contributed by atoms with E-state index in [1.807, 2.05) is 36.1 Å². The quantitative estimate of drug-likeness (QED) is 0.720. The Kier molecular flexibility index (Phi) is 6.48. The monoisotopic (exact) mass is 454 g/mol. The first-order valence-corrected chi connectivity index (χ1v) is 11.0. The van der Waals surface area contributed by atoms with E-state index in [4.69, 9.17) is 14.6 Å². The zero-order chi connectivity index (χ0) is 23.5. The highest BCUT2D eigenvalue weighted by molar-refractivity contribution is 6.09. The van der Waals surface area contributed by atoms with Gasteiger partial charge in [-0.1, -0.05) is 12.1 Å². The molecule has 1 atom stereocenters. The number of carbonyl (C=O) groups is 2. The zero-order valence-corrected chi connectivity index (χ0v) is 18.7. The predicted molar refractivity (Wildman–Crippen MR) is 124 cm³/mol. The SMILES string of the molecule is CC(=O)O.C[C@@H]1C(=O)NN=C2COc3cc(-c4c(F)cccc4N4CCCCC4)ccc3N21. The van der Waals surface area contributed by atoms with Crippen LogP contribution in [0.1, 0.15) is 33.1 Å². The summed E-state index contributed by atoms with van der Waals surface area (Å²) in [6.45, 7) is 5.06. The van der Waals surface area contributed by atoms with Gasteiger partial charge in [0.2, 0.25) is 0 Å². The molecule has 2 aromatic carbocycles. The number of hydrogen-bond acceptors (Lipinski definition) is 6. The Bertz CT molecular complexity index is 1090. The molecule has 0 radical (unpaired) electrons. The largest absolute Gasteiger partial charge is 0.483 e. The maximum atomic E-state index is 15.0. The minimum Gasteiger partial charge on any atom is -0.483 e. The van der Waals surface area contributed by atoms with E-state index in [1.165, 1.54) is 12.5 Å². The number of aliphatic carboxylic acids is 1. The van der Waals surface area contributed by atoms with Gasteiger partial charge in [0.15, 0.2) is 5.84 Å². The number of hydrogen-bond donors (Lipinski definition) is 2. The van der Waals surface area contributed by atoms with Crippen LogP contribution in [0.25, 0.3) is 11.1 Å². The van der Waals surface area contributed by atoms with Crippen molar-refractivity contribution in [2.75, 3.05) is 29.5 Å². The summed E-state index contributed by atoms with van der Waals surface area (Å²) in [7, 11) is 0. The van der Waals surface area contributed by atoms with Crippen LogP contribution in [-0.4, -0.2) is 48.6 Å². The Morgan fingerprint density at radius 2 is 1.91 bits per heavy atom. The number of carbonyl (C=O) groups excluding carboxylic acids is 1. The van der Waals surface area contributed by atoms with Crippen molar-refractivity contribution in [1.82, 2.24) is 5.43 Å². The third-order valence-electron chi connectivity index (χ3n) is 5.89. The van der Waals surface area contributed by atoms with E-state index in [2.05, 4.69) is 15.4 Å². The number of benzene rings is 2. The number of halogens is 1. The minimum atomic E-state index is -0.833. The number of hydrazone groups is 1. The lowest BCUT2D eigenvalue weighted by Gasteiger charge is -2.38. The van der Waals surface area contributed by atoms with E-state index in [0.717, 1.165) is 49.8 Å². The van der Waals surface area contributed by atoms with E-state index >= 15 is 0 Å². The Morgan fingerprint density at radius 1 is 1.18 bits per heavy atom. The highest BCUT2D eigenvalue weighted by Gasteiger charge is 2.35. The number of amides is 1. The second kappa shape index (κ2) is 9.48. The first-order valence-electron chi connectivity index (χ1n) is 11.0. The third kappa shape index (κ3) is 4.62. The number of nitrogens with one attached hydrogen (secondary N) is 1. The van der Waals surface area contributed by atoms with E-state index in [1.54, 1.807) is 6.07 Å². The molecule has 3 heterocycles. The molecule has 9 heteroatoms. The molecule has 0 spiro atoms. The van der Waals surface area contributed by atoms with Gasteiger partial charge in [0.05, 0.1) is 5.69 Å². The summed E-state index contributed by atoms with van der Waals surface area (Å²) in [6, 6.07) is 10.5. The fourth-order valence-corrected chi connectivity index (χ4v) is 4.38. The van der Waals surface area contributed by atoms with Crippen LogP contribution in [-0.2, 0) is 9.59 Å². The number of ether oxygens (including phenoxy) is 1. The Morgan fingerprint density at radius 3 is 2.64 bits per heavy atom. The van der Waals surface area contributed by atoms with Crippen LogP contribution >= 0.6 is 0 Å². The van der Waals surface area contributed by atoms with Crippen molar-refractivity contribution in [1.29, 1.82) is 0 Å². The lowest BCUT2D eigenvalue weighted by atomic mass is 9.99. The van der Waals surface area contributed by atoms with Crippen molar-refractivity contribution in [2.45, 2.75) is 39.2 Å². The van der Waals surface area contributed by atoms with Crippen molar-refractivity contribution in [2.24, 2.45) is 5.10 Å². The van der Waals surface area contributed by atoms with Crippen molar-refractivity contribution >= 4 is 29.1 Å². The van der Waals surface area contributed by atoms with Gasteiger partial charge in [0, 0.05) is 31.3 Å². The lowest BCUT2D eigenvalue weighted by Crippen LogP contribution is -2.55. The molecule has 1 fully saturated rings. The van der Waals surface area contributed by atoms with Crippen LogP contribution in [0.5, 0.6) is 5.75 Å². The van der Waals surface area contributed by atoms with Gasteiger partial charge in [-0.3, -0.25) is 9.59 Å². The fourth-order valence-electron chi connectivity index (χ4n) is 4.38.